The van der Waals surface area contributed by atoms with Crippen molar-refractivity contribution in [2.75, 3.05) is 18.4 Å². The summed E-state index contributed by atoms with van der Waals surface area (Å²) in [5.74, 6) is -0.873. The number of halogens is 2. The van der Waals surface area contributed by atoms with Gasteiger partial charge in [-0.25, -0.2) is 17.8 Å². The fraction of sp³-hybridized carbons (Fsp3) is 0.273. The molecule has 3 rings (SSSR count). The van der Waals surface area contributed by atoms with Gasteiger partial charge in [-0.05, 0) is 36.8 Å². The van der Waals surface area contributed by atoms with Gasteiger partial charge in [-0.2, -0.15) is 4.31 Å². The van der Waals surface area contributed by atoms with Crippen molar-refractivity contribution >= 4 is 44.0 Å². The van der Waals surface area contributed by atoms with Crippen LogP contribution in [-0.4, -0.2) is 36.7 Å². The lowest BCUT2D eigenvalue weighted by Crippen LogP contribution is -2.30. The predicted octanol–water partition coefficient (Wildman–Crippen LogP) is 5.12. The molecule has 0 bridgehead atoms. The van der Waals surface area contributed by atoms with Gasteiger partial charge in [-0.15, -0.1) is 11.3 Å². The number of nitrogens with zero attached hydrogens (tertiary/aromatic N) is 2. The van der Waals surface area contributed by atoms with Crippen molar-refractivity contribution in [2.24, 2.45) is 0 Å². The first kappa shape index (κ1) is 24.3. The van der Waals surface area contributed by atoms with Gasteiger partial charge in [0.1, 0.15) is 5.82 Å². The van der Waals surface area contributed by atoms with Gasteiger partial charge >= 0.3 is 0 Å². The number of amides is 1. The summed E-state index contributed by atoms with van der Waals surface area (Å²) in [5, 5.41) is 3.13. The quantitative estimate of drug-likeness (QED) is 0.470. The molecule has 10 heteroatoms. The molecule has 3 aromatic rings. The van der Waals surface area contributed by atoms with E-state index >= 15 is 0 Å². The fourth-order valence-electron chi connectivity index (χ4n) is 3.18. The second-order valence-electron chi connectivity index (χ2n) is 6.98. The zero-order chi connectivity index (χ0) is 23.5. The zero-order valence-corrected chi connectivity index (χ0v) is 20.2. The molecular weight excluding hydrogens is 473 g/mol. The third-order valence-corrected chi connectivity index (χ3v) is 8.40. The Morgan fingerprint density at radius 1 is 1.19 bits per heavy atom. The van der Waals surface area contributed by atoms with Gasteiger partial charge in [0.15, 0.2) is 5.13 Å². The molecule has 32 heavy (non-hydrogen) atoms. The number of carbonyl (C=O) groups is 1. The highest BCUT2D eigenvalue weighted by Gasteiger charge is 2.24. The lowest BCUT2D eigenvalue weighted by molar-refractivity contribution is 0.102. The minimum atomic E-state index is -3.74. The summed E-state index contributed by atoms with van der Waals surface area (Å²) < 4.78 is 40.9. The van der Waals surface area contributed by atoms with Crippen molar-refractivity contribution in [3.63, 3.8) is 0 Å². The Kier molecular flexibility index (Phi) is 7.66. The van der Waals surface area contributed by atoms with E-state index in [9.17, 15) is 17.6 Å². The molecule has 0 aliphatic rings. The summed E-state index contributed by atoms with van der Waals surface area (Å²) in [4.78, 5) is 18.0. The number of rotatable bonds is 8. The standard InChI is InChI=1S/C22H23ClFN3O3S2/c1-4-27(5-2)32(29,30)16-10-11-18(23)17(13-16)21(28)26-22-25-14(3)20(31-22)12-15-8-6-7-9-19(15)24/h6-11,13H,4-5,12H2,1-3H3,(H,25,26,28). The van der Waals surface area contributed by atoms with Gasteiger partial charge in [0.2, 0.25) is 10.0 Å². The molecule has 0 aliphatic carbocycles. The number of benzene rings is 2. The molecule has 1 N–H and O–H groups in total. The van der Waals surface area contributed by atoms with E-state index in [1.807, 2.05) is 0 Å². The van der Waals surface area contributed by atoms with Gasteiger partial charge < -0.3 is 0 Å². The van der Waals surface area contributed by atoms with E-state index < -0.39 is 15.9 Å². The molecule has 0 saturated carbocycles. The third kappa shape index (κ3) is 5.17. The minimum Gasteiger partial charge on any atom is -0.298 e. The van der Waals surface area contributed by atoms with Crippen LogP contribution in [0.25, 0.3) is 0 Å². The molecule has 1 amide bonds. The Hall–Kier alpha value is -2.33. The normalized spacial score (nSPS) is 11.7. The summed E-state index contributed by atoms with van der Waals surface area (Å²) in [7, 11) is -3.74. The number of carbonyl (C=O) groups excluding carboxylic acids is 1. The predicted molar refractivity (Wildman–Crippen MR) is 126 cm³/mol. The minimum absolute atomic E-state index is 0.00805. The van der Waals surface area contributed by atoms with Crippen LogP contribution in [0.5, 0.6) is 0 Å². The Labute approximate surface area is 196 Å². The molecule has 6 nitrogen and oxygen atoms in total. The second kappa shape index (κ2) is 10.1. The lowest BCUT2D eigenvalue weighted by Gasteiger charge is -2.19. The topological polar surface area (TPSA) is 79.4 Å². The van der Waals surface area contributed by atoms with E-state index in [4.69, 9.17) is 11.6 Å². The molecule has 0 saturated heterocycles. The molecule has 0 atom stereocenters. The number of thiazole rings is 1. The van der Waals surface area contributed by atoms with Crippen LogP contribution >= 0.6 is 22.9 Å². The number of aryl methyl sites for hydroxylation is 1. The average molecular weight is 496 g/mol. The summed E-state index contributed by atoms with van der Waals surface area (Å²) in [6, 6.07) is 10.5. The molecule has 0 fully saturated rings. The molecule has 0 aliphatic heterocycles. The summed E-state index contributed by atoms with van der Waals surface area (Å²) >= 11 is 7.42. The molecule has 1 heterocycles. The zero-order valence-electron chi connectivity index (χ0n) is 17.9. The van der Waals surface area contributed by atoms with Crippen LogP contribution in [0.2, 0.25) is 5.02 Å². The average Bonchev–Trinajstić information content (AvgIpc) is 3.09. The first-order chi connectivity index (χ1) is 15.2. The van der Waals surface area contributed by atoms with Gasteiger partial charge in [0.05, 0.1) is 21.2 Å². The molecule has 0 radical (unpaired) electrons. The first-order valence-corrected chi connectivity index (χ1v) is 12.6. The van der Waals surface area contributed by atoms with Crippen LogP contribution < -0.4 is 5.32 Å². The second-order valence-corrected chi connectivity index (χ2v) is 10.4. The number of nitrogens with one attached hydrogen (secondary N) is 1. The van der Waals surface area contributed by atoms with E-state index in [0.717, 1.165) is 4.88 Å². The number of hydrogen-bond acceptors (Lipinski definition) is 5. The Morgan fingerprint density at radius 3 is 2.53 bits per heavy atom. The van der Waals surface area contributed by atoms with Crippen LogP contribution in [0.1, 0.15) is 40.3 Å². The molecule has 0 spiro atoms. The smallest absolute Gasteiger partial charge is 0.259 e. The van der Waals surface area contributed by atoms with Gasteiger partial charge in [-0.3, -0.25) is 10.1 Å². The van der Waals surface area contributed by atoms with Crippen LogP contribution in [0, 0.1) is 12.7 Å². The van der Waals surface area contributed by atoms with Gasteiger partial charge in [-0.1, -0.05) is 43.6 Å². The molecule has 2 aromatic carbocycles. The number of sulfonamides is 1. The largest absolute Gasteiger partial charge is 0.298 e. The fourth-order valence-corrected chi connectivity index (χ4v) is 5.84. The van der Waals surface area contributed by atoms with E-state index in [1.165, 1.54) is 39.9 Å². The van der Waals surface area contributed by atoms with E-state index in [2.05, 4.69) is 10.3 Å². The third-order valence-electron chi connectivity index (χ3n) is 4.95. The van der Waals surface area contributed by atoms with Gasteiger partial charge in [0.25, 0.3) is 5.91 Å². The molecule has 0 unspecified atom stereocenters. The summed E-state index contributed by atoms with van der Waals surface area (Å²) in [6.07, 6.45) is 0.352. The Morgan fingerprint density at radius 2 is 1.88 bits per heavy atom. The maximum absolute atomic E-state index is 14.0. The monoisotopic (exact) mass is 495 g/mol. The highest BCUT2D eigenvalue weighted by atomic mass is 35.5. The Balaban J connectivity index is 1.84. The van der Waals surface area contributed by atoms with E-state index in [1.54, 1.807) is 39.0 Å². The highest BCUT2D eigenvalue weighted by molar-refractivity contribution is 7.89. The maximum Gasteiger partial charge on any atom is 0.259 e. The number of aromatic nitrogens is 1. The SMILES string of the molecule is CCN(CC)S(=O)(=O)c1ccc(Cl)c(C(=O)Nc2nc(C)c(Cc3ccccc3F)s2)c1. The highest BCUT2D eigenvalue weighted by Crippen LogP contribution is 2.28. The molecular formula is C22H23ClFN3O3S2. The first-order valence-electron chi connectivity index (χ1n) is 9.98. The van der Waals surface area contributed by atoms with E-state index in [0.29, 0.717) is 35.9 Å². The number of anilines is 1. The summed E-state index contributed by atoms with van der Waals surface area (Å²) in [5.41, 5.74) is 1.25. The van der Waals surface area contributed by atoms with Crippen molar-refractivity contribution in [1.29, 1.82) is 0 Å². The van der Waals surface area contributed by atoms with Crippen LogP contribution in [0.3, 0.4) is 0 Å². The molecule has 1 aromatic heterocycles. The van der Waals surface area contributed by atoms with Crippen LogP contribution in [0.4, 0.5) is 9.52 Å². The van der Waals surface area contributed by atoms with Crippen molar-refractivity contribution in [2.45, 2.75) is 32.1 Å². The van der Waals surface area contributed by atoms with Gasteiger partial charge in [0, 0.05) is 24.4 Å². The van der Waals surface area contributed by atoms with Crippen molar-refractivity contribution in [1.82, 2.24) is 9.29 Å². The van der Waals surface area contributed by atoms with Crippen molar-refractivity contribution in [3.8, 4) is 0 Å². The lowest BCUT2D eigenvalue weighted by atomic mass is 10.1. The van der Waals surface area contributed by atoms with Crippen LogP contribution in [-0.2, 0) is 16.4 Å². The number of hydrogen-bond donors (Lipinski definition) is 1. The summed E-state index contributed by atoms with van der Waals surface area (Å²) in [6.45, 7) is 5.90. The van der Waals surface area contributed by atoms with Crippen molar-refractivity contribution < 1.29 is 17.6 Å². The van der Waals surface area contributed by atoms with Crippen molar-refractivity contribution in [3.05, 3.63) is 75.0 Å². The Bertz CT molecular complexity index is 1240. The molecule has 170 valence electrons. The van der Waals surface area contributed by atoms with Crippen LogP contribution in [0.15, 0.2) is 47.4 Å². The maximum atomic E-state index is 14.0. The van der Waals surface area contributed by atoms with E-state index in [-0.39, 0.29) is 21.3 Å².